The Balaban J connectivity index is 1.98. The normalized spacial score (nSPS) is 17.1. The third kappa shape index (κ3) is 5.69. The molecule has 0 saturated heterocycles. The minimum atomic E-state index is 0.490. The molecule has 0 saturated carbocycles. The Labute approximate surface area is 138 Å². The number of thioether (sulfide) groups is 1. The van der Waals surface area contributed by atoms with Gasteiger partial charge < -0.3 is 5.32 Å². The molecule has 0 bridgehead atoms. The fourth-order valence-electron chi connectivity index (χ4n) is 2.71. The fraction of sp³-hybridized carbons (Fsp3) is 0.556. The van der Waals surface area contributed by atoms with Crippen LogP contribution >= 0.6 is 23.4 Å². The number of halogens is 1. The van der Waals surface area contributed by atoms with Gasteiger partial charge in [-0.1, -0.05) is 48.7 Å². The average molecular weight is 324 g/mol. The Bertz CT molecular complexity index is 458. The highest BCUT2D eigenvalue weighted by Crippen LogP contribution is 2.29. The van der Waals surface area contributed by atoms with E-state index in [0.29, 0.717) is 6.04 Å². The molecule has 0 radical (unpaired) electrons. The summed E-state index contributed by atoms with van der Waals surface area (Å²) >= 11 is 8.14. The molecule has 0 heterocycles. The van der Waals surface area contributed by atoms with Crippen molar-refractivity contribution >= 4 is 23.4 Å². The fourth-order valence-corrected chi connectivity index (χ4v) is 4.07. The first-order chi connectivity index (χ1) is 10.3. The minimum Gasteiger partial charge on any atom is -0.310 e. The van der Waals surface area contributed by atoms with Crippen molar-refractivity contribution in [2.45, 2.75) is 56.4 Å². The highest BCUT2D eigenvalue weighted by molar-refractivity contribution is 7.99. The molecule has 1 aliphatic carbocycles. The predicted molar refractivity (Wildman–Crippen MR) is 95.4 cm³/mol. The third-order valence-electron chi connectivity index (χ3n) is 3.91. The van der Waals surface area contributed by atoms with Gasteiger partial charge in [0.1, 0.15) is 0 Å². The summed E-state index contributed by atoms with van der Waals surface area (Å²) in [6, 6.07) is 8.64. The lowest BCUT2D eigenvalue weighted by molar-refractivity contribution is 0.584. The lowest BCUT2D eigenvalue weighted by Gasteiger charge is -2.21. The molecule has 0 aromatic heterocycles. The molecule has 0 amide bonds. The summed E-state index contributed by atoms with van der Waals surface area (Å²) in [5.74, 6) is 1.07. The molecule has 1 unspecified atom stereocenters. The summed E-state index contributed by atoms with van der Waals surface area (Å²) in [5.41, 5.74) is 1.61. The van der Waals surface area contributed by atoms with Gasteiger partial charge in [0.25, 0.3) is 0 Å². The van der Waals surface area contributed by atoms with Crippen LogP contribution in [0, 0.1) is 0 Å². The zero-order valence-corrected chi connectivity index (χ0v) is 14.5. The Morgan fingerprint density at radius 1 is 1.24 bits per heavy atom. The molecular formula is C18H26ClNS. The quantitative estimate of drug-likeness (QED) is 0.511. The minimum absolute atomic E-state index is 0.490. The number of rotatable bonds is 7. The SMILES string of the molecule is CCCNC(CSc1ccccc1Cl)C1=CCCCCC1. The van der Waals surface area contributed by atoms with Gasteiger partial charge in [-0.2, -0.15) is 0 Å². The van der Waals surface area contributed by atoms with Gasteiger partial charge in [-0.25, -0.2) is 0 Å². The third-order valence-corrected chi connectivity index (χ3v) is 5.52. The van der Waals surface area contributed by atoms with Gasteiger partial charge in [0.05, 0.1) is 5.02 Å². The molecule has 2 rings (SSSR count). The largest absolute Gasteiger partial charge is 0.310 e. The standard InChI is InChI=1S/C18H26ClNS/c1-2-13-20-17(15-9-5-3-4-6-10-15)14-21-18-12-8-7-11-16(18)19/h7-9,11-12,17,20H,2-6,10,13-14H2,1H3. The summed E-state index contributed by atoms with van der Waals surface area (Å²) < 4.78 is 0. The number of hydrogen-bond acceptors (Lipinski definition) is 2. The van der Waals surface area contributed by atoms with Crippen LogP contribution in [0.2, 0.25) is 5.02 Å². The van der Waals surface area contributed by atoms with E-state index >= 15 is 0 Å². The zero-order valence-electron chi connectivity index (χ0n) is 12.9. The van der Waals surface area contributed by atoms with Crippen molar-refractivity contribution in [1.82, 2.24) is 5.32 Å². The van der Waals surface area contributed by atoms with E-state index in [1.807, 2.05) is 23.9 Å². The Morgan fingerprint density at radius 3 is 2.90 bits per heavy atom. The van der Waals surface area contributed by atoms with Crippen LogP contribution in [0.5, 0.6) is 0 Å². The van der Waals surface area contributed by atoms with Gasteiger partial charge in [-0.3, -0.25) is 0 Å². The van der Waals surface area contributed by atoms with Crippen molar-refractivity contribution in [3.63, 3.8) is 0 Å². The first kappa shape index (κ1) is 16.9. The van der Waals surface area contributed by atoms with Gasteiger partial charge >= 0.3 is 0 Å². The van der Waals surface area contributed by atoms with E-state index < -0.39 is 0 Å². The summed E-state index contributed by atoms with van der Waals surface area (Å²) in [6.07, 6.45) is 10.2. The molecule has 1 aromatic carbocycles. The van der Waals surface area contributed by atoms with Crippen LogP contribution in [0.15, 0.2) is 40.8 Å². The molecule has 21 heavy (non-hydrogen) atoms. The molecule has 1 atom stereocenters. The van der Waals surface area contributed by atoms with E-state index in [9.17, 15) is 0 Å². The van der Waals surface area contributed by atoms with Crippen molar-refractivity contribution in [2.75, 3.05) is 12.3 Å². The summed E-state index contributed by atoms with van der Waals surface area (Å²) in [4.78, 5) is 1.19. The smallest absolute Gasteiger partial charge is 0.0541 e. The van der Waals surface area contributed by atoms with Gasteiger partial charge in [-0.05, 0) is 50.8 Å². The molecule has 1 aromatic rings. The second-order valence-corrected chi connectivity index (χ2v) is 7.10. The average Bonchev–Trinajstić information content (AvgIpc) is 2.78. The lowest BCUT2D eigenvalue weighted by atomic mass is 10.0. The zero-order chi connectivity index (χ0) is 14.9. The van der Waals surface area contributed by atoms with Crippen LogP contribution in [0.3, 0.4) is 0 Å². The molecule has 1 nitrogen and oxygen atoms in total. The van der Waals surface area contributed by atoms with Crippen molar-refractivity contribution in [3.8, 4) is 0 Å². The summed E-state index contributed by atoms with van der Waals surface area (Å²) in [7, 11) is 0. The predicted octanol–water partition coefficient (Wildman–Crippen LogP) is 5.69. The second-order valence-electron chi connectivity index (χ2n) is 5.63. The van der Waals surface area contributed by atoms with E-state index in [1.54, 1.807) is 5.57 Å². The van der Waals surface area contributed by atoms with Gasteiger partial charge in [0.2, 0.25) is 0 Å². The maximum atomic E-state index is 6.27. The highest BCUT2D eigenvalue weighted by Gasteiger charge is 2.16. The second kappa shape index (κ2) is 9.55. The Kier molecular flexibility index (Phi) is 7.70. The summed E-state index contributed by atoms with van der Waals surface area (Å²) in [5, 5.41) is 4.59. The van der Waals surface area contributed by atoms with Crippen LogP contribution in [0.4, 0.5) is 0 Å². The molecule has 1 aliphatic rings. The van der Waals surface area contributed by atoms with Crippen LogP contribution in [-0.4, -0.2) is 18.3 Å². The first-order valence-corrected chi connectivity index (χ1v) is 9.47. The van der Waals surface area contributed by atoms with Crippen LogP contribution < -0.4 is 5.32 Å². The number of benzene rings is 1. The monoisotopic (exact) mass is 323 g/mol. The molecule has 0 fully saturated rings. The van der Waals surface area contributed by atoms with E-state index in [-0.39, 0.29) is 0 Å². The van der Waals surface area contributed by atoms with Crippen LogP contribution in [-0.2, 0) is 0 Å². The van der Waals surface area contributed by atoms with Gasteiger partial charge in [0.15, 0.2) is 0 Å². The molecule has 0 aliphatic heterocycles. The highest BCUT2D eigenvalue weighted by atomic mass is 35.5. The molecular weight excluding hydrogens is 298 g/mol. The number of allylic oxidation sites excluding steroid dienone is 1. The molecule has 1 N–H and O–H groups in total. The van der Waals surface area contributed by atoms with E-state index in [4.69, 9.17) is 11.6 Å². The van der Waals surface area contributed by atoms with E-state index in [2.05, 4.69) is 30.4 Å². The first-order valence-electron chi connectivity index (χ1n) is 8.11. The number of nitrogens with one attached hydrogen (secondary N) is 1. The summed E-state index contributed by atoms with van der Waals surface area (Å²) in [6.45, 7) is 3.32. The van der Waals surface area contributed by atoms with Crippen LogP contribution in [0.25, 0.3) is 0 Å². The molecule has 3 heteroatoms. The van der Waals surface area contributed by atoms with E-state index in [1.165, 1.54) is 43.4 Å². The van der Waals surface area contributed by atoms with Crippen LogP contribution in [0.1, 0.15) is 45.4 Å². The molecule has 0 spiro atoms. The van der Waals surface area contributed by atoms with Crippen molar-refractivity contribution < 1.29 is 0 Å². The Morgan fingerprint density at radius 2 is 2.10 bits per heavy atom. The Hall–Kier alpha value is -0.440. The van der Waals surface area contributed by atoms with Crippen molar-refractivity contribution in [3.05, 3.63) is 40.9 Å². The van der Waals surface area contributed by atoms with Crippen molar-refractivity contribution in [2.24, 2.45) is 0 Å². The topological polar surface area (TPSA) is 12.0 Å². The lowest BCUT2D eigenvalue weighted by Crippen LogP contribution is -2.33. The molecule has 116 valence electrons. The van der Waals surface area contributed by atoms with Gasteiger partial charge in [0, 0.05) is 16.7 Å². The maximum Gasteiger partial charge on any atom is 0.0541 e. The maximum absolute atomic E-state index is 6.27. The van der Waals surface area contributed by atoms with Gasteiger partial charge in [-0.15, -0.1) is 11.8 Å². The van der Waals surface area contributed by atoms with Crippen molar-refractivity contribution in [1.29, 1.82) is 0 Å². The van der Waals surface area contributed by atoms with E-state index in [0.717, 1.165) is 17.3 Å². The number of hydrogen-bond donors (Lipinski definition) is 1.